The predicted octanol–water partition coefficient (Wildman–Crippen LogP) is 4.80. The first-order chi connectivity index (χ1) is 10.1. The molecule has 1 heteroatoms. The van der Waals surface area contributed by atoms with Crippen molar-refractivity contribution in [2.45, 2.75) is 56.8 Å². The summed E-state index contributed by atoms with van der Waals surface area (Å²) in [6.07, 6.45) is 4.18. The van der Waals surface area contributed by atoms with Gasteiger partial charge in [0, 0.05) is 0 Å². The molecule has 0 aliphatic carbocycles. The number of rotatable bonds is 4. The topological polar surface area (TPSA) is 0 Å². The number of benzene rings is 2. The van der Waals surface area contributed by atoms with Crippen LogP contribution in [0.1, 0.15) is 52.5 Å². The summed E-state index contributed by atoms with van der Waals surface area (Å²) in [7, 11) is 0. The summed E-state index contributed by atoms with van der Waals surface area (Å²) >= 11 is -1.58. The van der Waals surface area contributed by atoms with E-state index in [2.05, 4.69) is 64.1 Å². The molecule has 0 aromatic heterocycles. The van der Waals surface area contributed by atoms with Crippen LogP contribution in [0.25, 0.3) is 10.8 Å². The fourth-order valence-corrected chi connectivity index (χ4v) is 14.0. The molecule has 0 saturated carbocycles. The molecule has 0 spiro atoms. The van der Waals surface area contributed by atoms with Crippen molar-refractivity contribution in [3.05, 3.63) is 42.0 Å². The molecule has 0 saturated heterocycles. The van der Waals surface area contributed by atoms with E-state index in [0.29, 0.717) is 0 Å². The predicted molar refractivity (Wildman–Crippen MR) is 97.4 cm³/mol. The van der Waals surface area contributed by atoms with Gasteiger partial charge in [-0.1, -0.05) is 0 Å². The standard InChI is InChI=1S/C15H15.C5H11.Sn/c1-4-15(2,3)14-11-7-9-12-8-5-6-10-13(12)14;1-3-5-4-2;/h5-10H,1-3H3;1,3-5H2,2H3;. The molecule has 0 fully saturated rings. The fraction of sp³-hybridized carbons (Fsp3) is 0.450. The van der Waals surface area contributed by atoms with Crippen LogP contribution in [0.15, 0.2) is 36.4 Å². The minimum atomic E-state index is -1.58. The molecule has 0 N–H and O–H groups in total. The van der Waals surface area contributed by atoms with Gasteiger partial charge in [-0.3, -0.25) is 0 Å². The van der Waals surface area contributed by atoms with Gasteiger partial charge in [-0.25, -0.2) is 0 Å². The van der Waals surface area contributed by atoms with Crippen LogP contribution < -0.4 is 3.58 Å². The third kappa shape index (κ3) is 2.50. The molecular formula is C20H26Sn. The number of fused-ring (bicyclic) bond motifs is 3. The Morgan fingerprint density at radius 2 is 1.76 bits per heavy atom. The van der Waals surface area contributed by atoms with Crippen LogP contribution in [0.2, 0.25) is 4.44 Å². The normalized spacial score (nSPS) is 16.6. The van der Waals surface area contributed by atoms with Gasteiger partial charge in [-0.2, -0.15) is 0 Å². The van der Waals surface area contributed by atoms with Crippen molar-refractivity contribution in [3.8, 4) is 0 Å². The summed E-state index contributed by atoms with van der Waals surface area (Å²) in [5.41, 5.74) is 1.96. The molecule has 1 aliphatic heterocycles. The Labute approximate surface area is 135 Å². The zero-order chi connectivity index (χ0) is 15.0. The maximum absolute atomic E-state index is 2.48. The molecule has 1 aliphatic rings. The van der Waals surface area contributed by atoms with Gasteiger partial charge in [0.25, 0.3) is 0 Å². The monoisotopic (exact) mass is 386 g/mol. The molecule has 3 rings (SSSR count). The molecule has 2 aromatic rings. The molecule has 110 valence electrons. The van der Waals surface area contributed by atoms with Crippen LogP contribution in [-0.2, 0) is 5.41 Å². The molecule has 0 bridgehead atoms. The second-order valence-corrected chi connectivity index (χ2v) is 14.7. The molecule has 0 amide bonds. The number of unbranched alkanes of at least 4 members (excludes halogenated alkanes) is 2. The Morgan fingerprint density at radius 1 is 1.00 bits per heavy atom. The molecule has 2 aromatic carbocycles. The van der Waals surface area contributed by atoms with Crippen LogP contribution in [0.5, 0.6) is 0 Å². The second-order valence-electron chi connectivity index (χ2n) is 6.89. The SMILES string of the molecule is CCCC[CH2][Sn]1=[C](C)C(C)(C)c2[c]1ccc1ccccc21. The quantitative estimate of drug-likeness (QED) is 0.524. The average Bonchev–Trinajstić information content (AvgIpc) is 2.68. The first-order valence-corrected chi connectivity index (χ1v) is 13.2. The van der Waals surface area contributed by atoms with E-state index in [1.54, 1.807) is 9.14 Å². The van der Waals surface area contributed by atoms with Crippen LogP contribution >= 0.6 is 0 Å². The van der Waals surface area contributed by atoms with E-state index in [0.717, 1.165) is 0 Å². The summed E-state index contributed by atoms with van der Waals surface area (Å²) in [6.45, 7) is 9.70. The molecule has 0 nitrogen and oxygen atoms in total. The molecule has 0 unspecified atom stereocenters. The third-order valence-corrected chi connectivity index (χ3v) is 15.1. The maximum atomic E-state index is 2.48. The van der Waals surface area contributed by atoms with Gasteiger partial charge in [-0.15, -0.1) is 0 Å². The van der Waals surface area contributed by atoms with Crippen molar-refractivity contribution in [2.75, 3.05) is 0 Å². The van der Waals surface area contributed by atoms with E-state index >= 15 is 0 Å². The Bertz CT molecular complexity index is 707. The van der Waals surface area contributed by atoms with Crippen molar-refractivity contribution in [2.24, 2.45) is 0 Å². The third-order valence-electron chi connectivity index (χ3n) is 5.30. The average molecular weight is 385 g/mol. The zero-order valence-corrected chi connectivity index (χ0v) is 16.6. The van der Waals surface area contributed by atoms with Crippen LogP contribution in [0.4, 0.5) is 0 Å². The first kappa shape index (κ1) is 15.3. The second kappa shape index (κ2) is 5.87. The molecule has 21 heavy (non-hydrogen) atoms. The number of hydrogen-bond acceptors (Lipinski definition) is 0. The van der Waals surface area contributed by atoms with Crippen molar-refractivity contribution < 1.29 is 0 Å². The van der Waals surface area contributed by atoms with Gasteiger partial charge in [0.05, 0.1) is 0 Å². The van der Waals surface area contributed by atoms with Gasteiger partial charge in [0.2, 0.25) is 0 Å². The van der Waals surface area contributed by atoms with E-state index < -0.39 is 19.3 Å². The zero-order valence-electron chi connectivity index (χ0n) is 13.8. The van der Waals surface area contributed by atoms with E-state index in [-0.39, 0.29) is 5.41 Å². The summed E-state index contributed by atoms with van der Waals surface area (Å²) < 4.78 is 5.15. The number of hydrogen-bond donors (Lipinski definition) is 0. The van der Waals surface area contributed by atoms with E-state index in [1.165, 1.54) is 34.5 Å². The Kier molecular flexibility index (Phi) is 4.27. The molecule has 0 radical (unpaired) electrons. The summed E-state index contributed by atoms with van der Waals surface area (Å²) in [5.74, 6) is 0. The first-order valence-electron chi connectivity index (χ1n) is 8.30. The van der Waals surface area contributed by atoms with Crippen LogP contribution in [-0.4, -0.2) is 22.8 Å². The fourth-order valence-electron chi connectivity index (χ4n) is 3.84. The molecule has 0 atom stereocenters. The summed E-state index contributed by atoms with van der Waals surface area (Å²) in [5, 5.41) is 2.92. The summed E-state index contributed by atoms with van der Waals surface area (Å²) in [6, 6.07) is 13.8. The van der Waals surface area contributed by atoms with E-state index in [9.17, 15) is 0 Å². The van der Waals surface area contributed by atoms with Crippen molar-refractivity contribution >= 4 is 37.2 Å². The van der Waals surface area contributed by atoms with Crippen LogP contribution in [0.3, 0.4) is 0 Å². The van der Waals surface area contributed by atoms with Gasteiger partial charge in [-0.05, 0) is 0 Å². The van der Waals surface area contributed by atoms with E-state index in [4.69, 9.17) is 0 Å². The van der Waals surface area contributed by atoms with Gasteiger partial charge in [0.1, 0.15) is 0 Å². The summed E-state index contributed by atoms with van der Waals surface area (Å²) in [4.78, 5) is 0. The van der Waals surface area contributed by atoms with Crippen molar-refractivity contribution in [1.82, 2.24) is 0 Å². The van der Waals surface area contributed by atoms with Crippen molar-refractivity contribution in [3.63, 3.8) is 0 Å². The van der Waals surface area contributed by atoms with Gasteiger partial charge in [0.15, 0.2) is 0 Å². The Morgan fingerprint density at radius 3 is 2.52 bits per heavy atom. The van der Waals surface area contributed by atoms with Crippen LogP contribution in [0, 0.1) is 0 Å². The molecule has 1 heterocycles. The van der Waals surface area contributed by atoms with Crippen molar-refractivity contribution in [1.29, 1.82) is 0 Å². The minimum absolute atomic E-state index is 0.289. The van der Waals surface area contributed by atoms with Gasteiger partial charge < -0.3 is 0 Å². The Hall–Kier alpha value is -0.631. The Balaban J connectivity index is 2.15. The van der Waals surface area contributed by atoms with Gasteiger partial charge >= 0.3 is 136 Å². The molecular weight excluding hydrogens is 359 g/mol. The van der Waals surface area contributed by atoms with E-state index in [1.807, 2.05) is 3.52 Å².